The number of benzene rings is 1. The van der Waals surface area contributed by atoms with Crippen LogP contribution in [0.25, 0.3) is 0 Å². The number of aliphatic hydroxyl groups is 1. The van der Waals surface area contributed by atoms with Crippen molar-refractivity contribution < 1.29 is 17.9 Å². The minimum Gasteiger partial charge on any atom is -0.393 e. The third-order valence-electron chi connectivity index (χ3n) is 5.58. The van der Waals surface area contributed by atoms with Crippen molar-refractivity contribution in [3.8, 4) is 0 Å². The largest absolute Gasteiger partial charge is 0.393 e. The zero-order chi connectivity index (χ0) is 25.9. The van der Waals surface area contributed by atoms with E-state index >= 15 is 0 Å². The number of hydrogen-bond acceptors (Lipinski definition) is 4. The van der Waals surface area contributed by atoms with E-state index in [4.69, 9.17) is 12.2 Å². The number of hydrogen-bond donors (Lipinski definition) is 4. The van der Waals surface area contributed by atoms with Gasteiger partial charge in [-0.1, -0.05) is 70.1 Å². The van der Waals surface area contributed by atoms with Gasteiger partial charge in [0.05, 0.1) is 18.0 Å². The Labute approximate surface area is 217 Å². The van der Waals surface area contributed by atoms with Crippen LogP contribution in [0, 0.1) is 5.82 Å². The molecule has 0 saturated carbocycles. The predicted molar refractivity (Wildman–Crippen MR) is 149 cm³/mol. The predicted octanol–water partition coefficient (Wildman–Crippen LogP) is 5.78. The van der Waals surface area contributed by atoms with E-state index < -0.39 is 15.8 Å². The molecular formula is C26H44FN3O3S2. The van der Waals surface area contributed by atoms with Crippen LogP contribution in [0.15, 0.2) is 30.4 Å². The first-order valence-corrected chi connectivity index (χ1v) is 15.1. The maximum atomic E-state index is 14.0. The van der Waals surface area contributed by atoms with Crippen molar-refractivity contribution in [3.05, 3.63) is 41.7 Å². The van der Waals surface area contributed by atoms with Gasteiger partial charge >= 0.3 is 0 Å². The van der Waals surface area contributed by atoms with E-state index in [2.05, 4.69) is 34.4 Å². The molecule has 0 radical (unpaired) electrons. The second kappa shape index (κ2) is 18.5. The summed E-state index contributed by atoms with van der Waals surface area (Å²) in [7, 11) is -3.52. The second-order valence-corrected chi connectivity index (χ2v) is 11.2. The maximum Gasteiger partial charge on any atom is 0.229 e. The number of nitrogens with one attached hydrogen (secondary N) is 3. The Morgan fingerprint density at radius 1 is 1.06 bits per heavy atom. The van der Waals surface area contributed by atoms with Gasteiger partial charge in [0.15, 0.2) is 5.11 Å². The first kappa shape index (κ1) is 31.3. The molecule has 1 aromatic rings. The van der Waals surface area contributed by atoms with Crippen LogP contribution in [0.2, 0.25) is 0 Å². The Bertz CT molecular complexity index is 863. The molecule has 0 spiro atoms. The van der Waals surface area contributed by atoms with E-state index in [0.29, 0.717) is 17.2 Å². The highest BCUT2D eigenvalue weighted by atomic mass is 32.2. The first-order valence-electron chi connectivity index (χ1n) is 12.8. The summed E-state index contributed by atoms with van der Waals surface area (Å²) in [6, 6.07) is 4.34. The average Bonchev–Trinajstić information content (AvgIpc) is 2.79. The highest BCUT2D eigenvalue weighted by molar-refractivity contribution is 7.92. The lowest BCUT2D eigenvalue weighted by Crippen LogP contribution is -2.35. The molecule has 1 unspecified atom stereocenters. The number of thiocarbonyl (C=S) groups is 1. The molecule has 0 aliphatic heterocycles. The van der Waals surface area contributed by atoms with Gasteiger partial charge in [-0.25, -0.2) is 12.8 Å². The Morgan fingerprint density at radius 3 is 2.49 bits per heavy atom. The molecule has 0 aliphatic carbocycles. The summed E-state index contributed by atoms with van der Waals surface area (Å²) in [5.41, 5.74) is 0.598. The SMILES string of the molecule is CCCCCCC(O)C/C=C/CCCCCCCNC(=S)NCc1ccc(NS(C)(=O)=O)c(F)c1. The van der Waals surface area contributed by atoms with Crippen LogP contribution in [0.1, 0.15) is 89.5 Å². The van der Waals surface area contributed by atoms with Crippen molar-refractivity contribution in [1.82, 2.24) is 10.6 Å². The number of sulfonamides is 1. The second-order valence-electron chi connectivity index (χ2n) is 9.06. The lowest BCUT2D eigenvalue weighted by molar-refractivity contribution is 0.163. The van der Waals surface area contributed by atoms with Crippen molar-refractivity contribution in [2.24, 2.45) is 0 Å². The topological polar surface area (TPSA) is 90.5 Å². The third-order valence-corrected chi connectivity index (χ3v) is 6.46. The number of aliphatic hydroxyl groups excluding tert-OH is 1. The lowest BCUT2D eigenvalue weighted by atomic mass is 10.1. The summed E-state index contributed by atoms with van der Waals surface area (Å²) in [4.78, 5) is 0. The minimum atomic E-state index is -3.52. The maximum absolute atomic E-state index is 14.0. The lowest BCUT2D eigenvalue weighted by Gasteiger charge is -2.11. The van der Waals surface area contributed by atoms with Gasteiger partial charge in [-0.05, 0) is 62.0 Å². The molecule has 0 heterocycles. The monoisotopic (exact) mass is 529 g/mol. The molecule has 0 amide bonds. The van der Waals surface area contributed by atoms with Crippen LogP contribution >= 0.6 is 12.2 Å². The standard InChI is InChI=1S/C26H44FN3O3S2/c1-3-4-5-12-15-23(31)16-13-10-8-6-7-9-11-14-19-28-26(34)29-21-22-17-18-25(24(27)20-22)30-35(2,32)33/h10,13,17-18,20,23,30-31H,3-9,11-12,14-16,19,21H2,1-2H3,(H2,28,29,34)/b13-10+. The molecule has 9 heteroatoms. The zero-order valence-electron chi connectivity index (χ0n) is 21.3. The molecule has 1 atom stereocenters. The van der Waals surface area contributed by atoms with Crippen LogP contribution in [0.3, 0.4) is 0 Å². The van der Waals surface area contributed by atoms with E-state index in [1.165, 1.54) is 50.7 Å². The van der Waals surface area contributed by atoms with Gasteiger partial charge in [0.2, 0.25) is 10.0 Å². The summed E-state index contributed by atoms with van der Waals surface area (Å²) in [6.07, 6.45) is 18.4. The molecule has 0 bridgehead atoms. The van der Waals surface area contributed by atoms with Crippen molar-refractivity contribution in [3.63, 3.8) is 0 Å². The fourth-order valence-corrected chi connectivity index (χ4v) is 4.35. The van der Waals surface area contributed by atoms with Crippen LogP contribution in [0.5, 0.6) is 0 Å². The molecule has 1 aromatic carbocycles. The van der Waals surface area contributed by atoms with Gasteiger partial charge in [0.1, 0.15) is 5.82 Å². The summed E-state index contributed by atoms with van der Waals surface area (Å²) in [5.74, 6) is -0.625. The van der Waals surface area contributed by atoms with E-state index in [1.54, 1.807) is 6.07 Å². The van der Waals surface area contributed by atoms with E-state index in [0.717, 1.165) is 51.3 Å². The zero-order valence-corrected chi connectivity index (χ0v) is 23.0. The molecule has 1 rings (SSSR count). The summed E-state index contributed by atoms with van der Waals surface area (Å²) < 4.78 is 38.6. The van der Waals surface area contributed by atoms with Crippen molar-refractivity contribution in [2.45, 2.75) is 96.6 Å². The van der Waals surface area contributed by atoms with Gasteiger partial charge in [-0.2, -0.15) is 0 Å². The average molecular weight is 530 g/mol. The van der Waals surface area contributed by atoms with Crippen molar-refractivity contribution >= 4 is 33.0 Å². The van der Waals surface area contributed by atoms with E-state index in [1.807, 2.05) is 0 Å². The highest BCUT2D eigenvalue weighted by Gasteiger charge is 2.08. The van der Waals surface area contributed by atoms with Gasteiger partial charge < -0.3 is 15.7 Å². The Morgan fingerprint density at radius 2 is 1.77 bits per heavy atom. The quantitative estimate of drug-likeness (QED) is 0.103. The first-order chi connectivity index (χ1) is 16.7. The number of anilines is 1. The molecule has 35 heavy (non-hydrogen) atoms. The van der Waals surface area contributed by atoms with Crippen molar-refractivity contribution in [1.29, 1.82) is 0 Å². The van der Waals surface area contributed by atoms with Gasteiger partial charge in [-0.3, -0.25) is 4.72 Å². The number of unbranched alkanes of at least 4 members (excludes halogenated alkanes) is 8. The van der Waals surface area contributed by atoms with Crippen LogP contribution in [-0.2, 0) is 16.6 Å². The molecule has 6 nitrogen and oxygen atoms in total. The van der Waals surface area contributed by atoms with Gasteiger partial charge in [-0.15, -0.1) is 0 Å². The number of halogens is 1. The molecule has 0 saturated heterocycles. The Balaban J connectivity index is 2.02. The Hall–Kier alpha value is -1.71. The number of allylic oxidation sites excluding steroid dienone is 1. The fourth-order valence-electron chi connectivity index (χ4n) is 3.61. The molecule has 0 aliphatic rings. The molecule has 0 fully saturated rings. The molecule has 200 valence electrons. The highest BCUT2D eigenvalue weighted by Crippen LogP contribution is 2.17. The normalized spacial score (nSPS) is 12.6. The smallest absolute Gasteiger partial charge is 0.229 e. The summed E-state index contributed by atoms with van der Waals surface area (Å²) in [5, 5.41) is 16.7. The van der Waals surface area contributed by atoms with Crippen molar-refractivity contribution in [2.75, 3.05) is 17.5 Å². The molecule has 0 aromatic heterocycles. The summed E-state index contributed by atoms with van der Waals surface area (Å²) >= 11 is 5.26. The van der Waals surface area contributed by atoms with Gasteiger partial charge in [0, 0.05) is 13.1 Å². The van der Waals surface area contributed by atoms with Crippen LogP contribution in [-0.4, -0.2) is 37.5 Å². The molecular weight excluding hydrogens is 485 g/mol. The van der Waals surface area contributed by atoms with Gasteiger partial charge in [0.25, 0.3) is 0 Å². The fraction of sp³-hybridized carbons (Fsp3) is 0.654. The van der Waals surface area contributed by atoms with Crippen LogP contribution in [0.4, 0.5) is 10.1 Å². The van der Waals surface area contributed by atoms with Crippen LogP contribution < -0.4 is 15.4 Å². The van der Waals surface area contributed by atoms with E-state index in [9.17, 15) is 17.9 Å². The molecule has 4 N–H and O–H groups in total. The van der Waals surface area contributed by atoms with E-state index in [-0.39, 0.29) is 11.8 Å². The Kier molecular flexibility index (Phi) is 16.6. The number of rotatable bonds is 19. The third kappa shape index (κ3) is 17.4. The summed E-state index contributed by atoms with van der Waals surface area (Å²) in [6.45, 7) is 3.34. The minimum absolute atomic E-state index is 0.0695.